The van der Waals surface area contributed by atoms with Crippen molar-refractivity contribution >= 4 is 5.97 Å². The Morgan fingerprint density at radius 3 is 2.55 bits per heavy atom. The Kier molecular flexibility index (Phi) is 5.65. The smallest absolute Gasteiger partial charge is 0.331 e. The average Bonchev–Trinajstić information content (AvgIpc) is 2.66. The summed E-state index contributed by atoms with van der Waals surface area (Å²) in [7, 11) is 0. The fraction of sp³-hybridized carbons (Fsp3) is 0.880. The molecule has 1 saturated heterocycles. The first kappa shape index (κ1) is 21.4. The number of rotatable bonds is 4. The summed E-state index contributed by atoms with van der Waals surface area (Å²) in [6.07, 6.45) is 12.1. The molecule has 1 heterocycles. The molecule has 2 saturated carbocycles. The maximum atomic E-state index is 12.1. The molecule has 0 radical (unpaired) electrons. The van der Waals surface area contributed by atoms with E-state index in [0.29, 0.717) is 23.5 Å². The van der Waals surface area contributed by atoms with E-state index < -0.39 is 5.97 Å². The highest BCUT2D eigenvalue weighted by molar-refractivity contribution is 5.87. The normalized spacial score (nSPS) is 44.3. The minimum atomic E-state index is -0.765. The van der Waals surface area contributed by atoms with Crippen LogP contribution in [0.1, 0.15) is 85.5 Å². The standard InChI is InChI=1S/C25H40O4/c1-23(2)12-7-13-25(4)19(23)11-14-24(3)18(16-29-21-8-5-6-15-28-21)17(22(26)27)9-10-20(24)25/h9,18-21H,5-8,10-16H2,1-4H3,(H,26,27)/t18-,19+,20+,21?,24+,25+/m1/s1. The molecule has 0 aromatic rings. The molecule has 0 aromatic heterocycles. The molecule has 1 N–H and O–H groups in total. The van der Waals surface area contributed by atoms with E-state index in [1.54, 1.807) is 0 Å². The third kappa shape index (κ3) is 3.59. The number of aliphatic carboxylic acids is 1. The Bertz CT molecular complexity index is 662. The van der Waals surface area contributed by atoms with E-state index in [-0.39, 0.29) is 23.0 Å². The monoisotopic (exact) mass is 404 g/mol. The summed E-state index contributed by atoms with van der Waals surface area (Å²) >= 11 is 0. The zero-order chi connectivity index (χ0) is 20.9. The molecule has 4 rings (SSSR count). The molecular weight excluding hydrogens is 364 g/mol. The SMILES string of the molecule is CC1(C)CCC[C@]2(C)[C@H]3CC=C(C(=O)O)[C@@H](COC4CCCCO4)[C@]3(C)CC[C@@H]12. The Balaban J connectivity index is 1.63. The van der Waals surface area contributed by atoms with Crippen molar-refractivity contribution < 1.29 is 19.4 Å². The first-order valence-electron chi connectivity index (χ1n) is 11.8. The summed E-state index contributed by atoms with van der Waals surface area (Å²) in [5.74, 6) is 0.438. The lowest BCUT2D eigenvalue weighted by molar-refractivity contribution is -0.193. The van der Waals surface area contributed by atoms with Crippen LogP contribution in [0.15, 0.2) is 11.6 Å². The zero-order valence-electron chi connectivity index (χ0n) is 18.8. The molecule has 4 heteroatoms. The van der Waals surface area contributed by atoms with Crippen molar-refractivity contribution in [3.05, 3.63) is 11.6 Å². The van der Waals surface area contributed by atoms with Gasteiger partial charge in [0.25, 0.3) is 0 Å². The fourth-order valence-electron chi connectivity index (χ4n) is 7.95. The van der Waals surface area contributed by atoms with Gasteiger partial charge in [-0.15, -0.1) is 0 Å². The summed E-state index contributed by atoms with van der Waals surface area (Å²) < 4.78 is 12.0. The van der Waals surface area contributed by atoms with Crippen molar-refractivity contribution in [2.45, 2.75) is 91.8 Å². The quantitative estimate of drug-likeness (QED) is 0.642. The Hall–Kier alpha value is -0.870. The predicted octanol–water partition coefficient (Wildman–Crippen LogP) is 5.81. The summed E-state index contributed by atoms with van der Waals surface area (Å²) in [5, 5.41) is 9.97. The van der Waals surface area contributed by atoms with Gasteiger partial charge in [0.2, 0.25) is 0 Å². The van der Waals surface area contributed by atoms with Crippen molar-refractivity contribution in [3.8, 4) is 0 Å². The molecule has 6 atom stereocenters. The second kappa shape index (κ2) is 7.67. The molecule has 0 aromatic carbocycles. The third-order valence-corrected chi connectivity index (χ3v) is 9.42. The second-order valence-corrected chi connectivity index (χ2v) is 11.4. The molecule has 1 aliphatic heterocycles. The highest BCUT2D eigenvalue weighted by Gasteiger charge is 2.61. The molecular formula is C25H40O4. The number of carboxylic acids is 1. The van der Waals surface area contributed by atoms with Crippen molar-refractivity contribution in [1.82, 2.24) is 0 Å². The van der Waals surface area contributed by atoms with Gasteiger partial charge in [0.1, 0.15) is 0 Å². The van der Waals surface area contributed by atoms with E-state index >= 15 is 0 Å². The largest absolute Gasteiger partial charge is 0.478 e. The van der Waals surface area contributed by atoms with Crippen molar-refractivity contribution in [2.24, 2.45) is 34.0 Å². The van der Waals surface area contributed by atoms with Gasteiger partial charge in [-0.2, -0.15) is 0 Å². The van der Waals surface area contributed by atoms with Crippen LogP contribution < -0.4 is 0 Å². The summed E-state index contributed by atoms with van der Waals surface area (Å²) in [5.41, 5.74) is 1.23. The Labute approximate surface area is 176 Å². The van der Waals surface area contributed by atoms with Gasteiger partial charge in [-0.3, -0.25) is 0 Å². The zero-order valence-corrected chi connectivity index (χ0v) is 18.8. The highest BCUT2D eigenvalue weighted by Crippen LogP contribution is 2.68. The van der Waals surface area contributed by atoms with E-state index in [1.807, 2.05) is 6.08 Å². The number of hydrogen-bond donors (Lipinski definition) is 1. The number of carboxylic acid groups (broad SMARTS) is 1. The summed E-state index contributed by atoms with van der Waals surface area (Å²) in [6, 6.07) is 0. The number of allylic oxidation sites excluding steroid dienone is 1. The van der Waals surface area contributed by atoms with Crippen LogP contribution in [0.2, 0.25) is 0 Å². The van der Waals surface area contributed by atoms with E-state index in [9.17, 15) is 9.90 Å². The Morgan fingerprint density at radius 1 is 1.07 bits per heavy atom. The second-order valence-electron chi connectivity index (χ2n) is 11.4. The molecule has 0 spiro atoms. The van der Waals surface area contributed by atoms with Crippen LogP contribution >= 0.6 is 0 Å². The van der Waals surface area contributed by atoms with Gasteiger partial charge in [-0.25, -0.2) is 4.79 Å². The maximum Gasteiger partial charge on any atom is 0.331 e. The first-order chi connectivity index (χ1) is 13.7. The minimum absolute atomic E-state index is 0.0180. The van der Waals surface area contributed by atoms with Gasteiger partial charge in [-0.1, -0.05) is 40.2 Å². The number of fused-ring (bicyclic) bond motifs is 3. The third-order valence-electron chi connectivity index (χ3n) is 9.42. The van der Waals surface area contributed by atoms with Crippen LogP contribution in [0.25, 0.3) is 0 Å². The lowest BCUT2D eigenvalue weighted by Crippen LogP contribution is -2.58. The van der Waals surface area contributed by atoms with Crippen molar-refractivity contribution in [2.75, 3.05) is 13.2 Å². The van der Waals surface area contributed by atoms with Crippen LogP contribution in [-0.4, -0.2) is 30.6 Å². The van der Waals surface area contributed by atoms with Gasteiger partial charge in [0.05, 0.1) is 6.61 Å². The molecule has 164 valence electrons. The van der Waals surface area contributed by atoms with Gasteiger partial charge in [0, 0.05) is 18.1 Å². The van der Waals surface area contributed by atoms with Crippen molar-refractivity contribution in [1.29, 1.82) is 0 Å². The predicted molar refractivity (Wildman–Crippen MR) is 113 cm³/mol. The van der Waals surface area contributed by atoms with E-state index in [0.717, 1.165) is 44.6 Å². The minimum Gasteiger partial charge on any atom is -0.478 e. The summed E-state index contributed by atoms with van der Waals surface area (Å²) in [6.45, 7) is 11.0. The highest BCUT2D eigenvalue weighted by atomic mass is 16.7. The van der Waals surface area contributed by atoms with Crippen molar-refractivity contribution in [3.63, 3.8) is 0 Å². The molecule has 3 aliphatic carbocycles. The van der Waals surface area contributed by atoms with Crippen LogP contribution in [0.4, 0.5) is 0 Å². The van der Waals surface area contributed by atoms with Crippen LogP contribution in [0.5, 0.6) is 0 Å². The van der Waals surface area contributed by atoms with Crippen LogP contribution in [0, 0.1) is 34.0 Å². The molecule has 29 heavy (non-hydrogen) atoms. The molecule has 0 bridgehead atoms. The lowest BCUT2D eigenvalue weighted by atomic mass is 9.40. The van der Waals surface area contributed by atoms with Gasteiger partial charge < -0.3 is 14.6 Å². The van der Waals surface area contributed by atoms with Crippen LogP contribution in [0.3, 0.4) is 0 Å². The fourth-order valence-corrected chi connectivity index (χ4v) is 7.95. The first-order valence-corrected chi connectivity index (χ1v) is 11.8. The molecule has 4 aliphatic rings. The number of hydrogen-bond acceptors (Lipinski definition) is 3. The summed E-state index contributed by atoms with van der Waals surface area (Å²) in [4.78, 5) is 12.1. The van der Waals surface area contributed by atoms with E-state index in [1.165, 1.54) is 25.7 Å². The number of carbonyl (C=O) groups is 1. The molecule has 3 fully saturated rings. The van der Waals surface area contributed by atoms with E-state index in [4.69, 9.17) is 9.47 Å². The van der Waals surface area contributed by atoms with E-state index in [2.05, 4.69) is 27.7 Å². The van der Waals surface area contributed by atoms with Gasteiger partial charge in [0.15, 0.2) is 6.29 Å². The lowest BCUT2D eigenvalue weighted by Gasteiger charge is -2.65. The average molecular weight is 405 g/mol. The topological polar surface area (TPSA) is 55.8 Å². The molecule has 4 nitrogen and oxygen atoms in total. The molecule has 1 unspecified atom stereocenters. The maximum absolute atomic E-state index is 12.1. The Morgan fingerprint density at radius 2 is 1.86 bits per heavy atom. The van der Waals surface area contributed by atoms with Gasteiger partial charge in [-0.05, 0) is 79.4 Å². The van der Waals surface area contributed by atoms with Gasteiger partial charge >= 0.3 is 5.97 Å². The van der Waals surface area contributed by atoms with Crippen LogP contribution in [-0.2, 0) is 14.3 Å². The number of ether oxygens (including phenoxy) is 2. The molecule has 0 amide bonds.